The van der Waals surface area contributed by atoms with Crippen LogP contribution in [0.4, 0.5) is 0 Å². The van der Waals surface area contributed by atoms with E-state index in [4.69, 9.17) is 0 Å². The van der Waals surface area contributed by atoms with Gasteiger partial charge in [-0.25, -0.2) is 0 Å². The molecule has 0 bridgehead atoms. The Bertz CT molecular complexity index is 449. The van der Waals surface area contributed by atoms with Crippen molar-refractivity contribution in [3.8, 4) is 0 Å². The second-order valence-corrected chi connectivity index (χ2v) is 4.16. The van der Waals surface area contributed by atoms with Gasteiger partial charge in [-0.2, -0.15) is 6.07 Å². The molecule has 16 heavy (non-hydrogen) atoms. The van der Waals surface area contributed by atoms with Gasteiger partial charge in [0.15, 0.2) is 0 Å². The van der Waals surface area contributed by atoms with Crippen LogP contribution in [0.5, 0.6) is 0 Å². The molecule has 1 saturated carbocycles. The number of aryl methyl sites for hydroxylation is 1. The van der Waals surface area contributed by atoms with Crippen molar-refractivity contribution in [3.05, 3.63) is 56.3 Å². The Kier molecular flexibility index (Phi) is 5.75. The van der Waals surface area contributed by atoms with Crippen LogP contribution in [-0.2, 0) is 25.8 Å². The van der Waals surface area contributed by atoms with E-state index in [1.54, 1.807) is 5.56 Å². The zero-order valence-electron chi connectivity index (χ0n) is 10.4. The van der Waals surface area contributed by atoms with Crippen LogP contribution in [0, 0.1) is 21.8 Å². The van der Waals surface area contributed by atoms with Gasteiger partial charge in [0.05, 0.1) is 0 Å². The molecule has 2 aromatic rings. The van der Waals surface area contributed by atoms with Gasteiger partial charge in [-0.05, 0) is 18.8 Å². The number of hydrogen-bond donors (Lipinski definition) is 0. The van der Waals surface area contributed by atoms with Gasteiger partial charge >= 0.3 is 0 Å². The SMILES string of the molecule is Cc1cc2c(C3CC3)cccc2[cH-]1.[CH3-].[CH3-].[Hf]. The van der Waals surface area contributed by atoms with Crippen molar-refractivity contribution in [3.63, 3.8) is 0 Å². The van der Waals surface area contributed by atoms with Gasteiger partial charge in [0, 0.05) is 25.8 Å². The molecule has 1 heteroatoms. The normalized spacial score (nSPS) is 13.6. The van der Waals surface area contributed by atoms with Crippen molar-refractivity contribution in [2.45, 2.75) is 25.7 Å². The summed E-state index contributed by atoms with van der Waals surface area (Å²) in [4.78, 5) is 0. The summed E-state index contributed by atoms with van der Waals surface area (Å²) in [6, 6.07) is 11.3. The first-order valence-electron chi connectivity index (χ1n) is 5.00. The Balaban J connectivity index is 0.000000750. The van der Waals surface area contributed by atoms with E-state index in [0.29, 0.717) is 0 Å². The average Bonchev–Trinajstić information content (AvgIpc) is 2.86. The largest absolute Gasteiger partial charge is 0.358 e. The van der Waals surface area contributed by atoms with Crippen molar-refractivity contribution >= 4 is 10.8 Å². The zero-order valence-corrected chi connectivity index (χ0v) is 14.0. The van der Waals surface area contributed by atoms with Gasteiger partial charge in [0.2, 0.25) is 0 Å². The first kappa shape index (κ1) is 15.7. The van der Waals surface area contributed by atoms with Crippen LogP contribution >= 0.6 is 0 Å². The van der Waals surface area contributed by atoms with Crippen molar-refractivity contribution in [2.75, 3.05) is 0 Å². The van der Waals surface area contributed by atoms with E-state index in [1.165, 1.54) is 29.2 Å². The Labute approximate surface area is 118 Å². The third-order valence-electron chi connectivity index (χ3n) is 2.95. The molecular weight excluding hydrogens is 359 g/mol. The maximum Gasteiger partial charge on any atom is 0 e. The monoisotopic (exact) mass is 379 g/mol. The third-order valence-corrected chi connectivity index (χ3v) is 2.95. The topological polar surface area (TPSA) is 0 Å². The number of rotatable bonds is 1. The third kappa shape index (κ3) is 2.68. The van der Waals surface area contributed by atoms with Gasteiger partial charge in [-0.3, -0.25) is 0 Å². The van der Waals surface area contributed by atoms with E-state index in [-0.39, 0.29) is 40.7 Å². The summed E-state index contributed by atoms with van der Waals surface area (Å²) in [6.07, 6.45) is 2.78. The summed E-state index contributed by atoms with van der Waals surface area (Å²) < 4.78 is 0. The molecule has 86 valence electrons. The molecule has 3 rings (SSSR count). The molecule has 0 heterocycles. The maximum absolute atomic E-state index is 2.32. The predicted molar refractivity (Wildman–Crippen MR) is 69.1 cm³/mol. The molecule has 1 fully saturated rings. The van der Waals surface area contributed by atoms with E-state index in [0.717, 1.165) is 5.92 Å². The van der Waals surface area contributed by atoms with Gasteiger partial charge < -0.3 is 14.9 Å². The Morgan fingerprint density at radius 2 is 1.88 bits per heavy atom. The van der Waals surface area contributed by atoms with Gasteiger partial charge in [0.25, 0.3) is 0 Å². The molecule has 0 spiro atoms. The fourth-order valence-corrected chi connectivity index (χ4v) is 2.16. The Morgan fingerprint density at radius 1 is 1.19 bits per heavy atom. The van der Waals surface area contributed by atoms with Crippen molar-refractivity contribution in [1.82, 2.24) is 0 Å². The minimum absolute atomic E-state index is 0. The van der Waals surface area contributed by atoms with Crippen molar-refractivity contribution < 1.29 is 25.8 Å². The summed E-state index contributed by atoms with van der Waals surface area (Å²) in [5, 5.41) is 2.91. The quantitative estimate of drug-likeness (QED) is 0.501. The minimum Gasteiger partial charge on any atom is -0.358 e. The van der Waals surface area contributed by atoms with Crippen LogP contribution in [0.1, 0.15) is 29.9 Å². The maximum atomic E-state index is 2.32. The van der Waals surface area contributed by atoms with E-state index in [2.05, 4.69) is 37.3 Å². The molecular formula is C15H19Hf-3. The van der Waals surface area contributed by atoms with E-state index in [1.807, 2.05) is 0 Å². The summed E-state index contributed by atoms with van der Waals surface area (Å²) in [5.41, 5.74) is 2.97. The Hall–Kier alpha value is -0.300. The molecule has 1 aliphatic carbocycles. The first-order chi connectivity index (χ1) is 6.34. The van der Waals surface area contributed by atoms with E-state index in [9.17, 15) is 0 Å². The van der Waals surface area contributed by atoms with Gasteiger partial charge in [-0.15, -0.1) is 34.5 Å². The first-order valence-corrected chi connectivity index (χ1v) is 5.00. The van der Waals surface area contributed by atoms with Crippen LogP contribution in [0.15, 0.2) is 30.3 Å². The summed E-state index contributed by atoms with van der Waals surface area (Å²) in [5.74, 6) is 0.866. The van der Waals surface area contributed by atoms with Gasteiger partial charge in [-0.1, -0.05) is 18.6 Å². The van der Waals surface area contributed by atoms with Crippen molar-refractivity contribution in [1.29, 1.82) is 0 Å². The van der Waals surface area contributed by atoms with Crippen LogP contribution in [0.2, 0.25) is 0 Å². The van der Waals surface area contributed by atoms with Gasteiger partial charge in [0.1, 0.15) is 0 Å². The van der Waals surface area contributed by atoms with Crippen LogP contribution < -0.4 is 0 Å². The van der Waals surface area contributed by atoms with Crippen molar-refractivity contribution in [2.24, 2.45) is 0 Å². The smallest absolute Gasteiger partial charge is 0 e. The Morgan fingerprint density at radius 3 is 2.50 bits per heavy atom. The number of hydrogen-bond acceptors (Lipinski definition) is 0. The second kappa shape index (κ2) is 5.86. The number of benzene rings is 1. The fourth-order valence-electron chi connectivity index (χ4n) is 2.16. The summed E-state index contributed by atoms with van der Waals surface area (Å²) in [7, 11) is 0. The van der Waals surface area contributed by atoms with E-state index >= 15 is 0 Å². The molecule has 0 aliphatic heterocycles. The molecule has 1 aliphatic rings. The number of fused-ring (bicyclic) bond motifs is 1. The molecule has 0 N–H and O–H groups in total. The molecule has 0 atom stereocenters. The molecule has 0 aromatic heterocycles. The molecule has 0 nitrogen and oxygen atoms in total. The fraction of sp³-hybridized carbons (Fsp3) is 0.267. The minimum atomic E-state index is 0. The summed E-state index contributed by atoms with van der Waals surface area (Å²) >= 11 is 0. The second-order valence-electron chi connectivity index (χ2n) is 4.16. The predicted octanol–water partition coefficient (Wildman–Crippen LogP) is 4.64. The molecule has 0 unspecified atom stereocenters. The van der Waals surface area contributed by atoms with Crippen LogP contribution in [0.3, 0.4) is 0 Å². The molecule has 0 saturated heterocycles. The molecule has 2 aromatic carbocycles. The van der Waals surface area contributed by atoms with Crippen LogP contribution in [0.25, 0.3) is 10.8 Å². The van der Waals surface area contributed by atoms with Crippen LogP contribution in [-0.4, -0.2) is 0 Å². The van der Waals surface area contributed by atoms with E-state index < -0.39 is 0 Å². The molecule has 0 amide bonds. The standard InChI is InChI=1S/C13H13.2CH3.Hf/c1-9-7-11-3-2-4-12(10-5-6-10)13(11)8-9;;;/h2-4,7-8,10H,5-6H2,1H3;2*1H3;/q3*-1;. The average molecular weight is 378 g/mol. The zero-order chi connectivity index (χ0) is 8.84. The summed E-state index contributed by atoms with van der Waals surface area (Å²) in [6.45, 7) is 2.18. The molecule has 0 radical (unpaired) electrons.